The molecular formula is C10H9N3O4. The van der Waals surface area contributed by atoms with Crippen LogP contribution in [0, 0.1) is 17.0 Å². The number of aliphatic hydroxyl groups excluding tert-OH is 1. The highest BCUT2D eigenvalue weighted by Crippen LogP contribution is 2.24. The van der Waals surface area contributed by atoms with E-state index in [1.807, 2.05) is 0 Å². The zero-order chi connectivity index (χ0) is 12.4. The van der Waals surface area contributed by atoms with Crippen molar-refractivity contribution < 1.29 is 14.6 Å². The van der Waals surface area contributed by atoms with Gasteiger partial charge in [-0.25, -0.2) is 0 Å². The summed E-state index contributed by atoms with van der Waals surface area (Å²) in [4.78, 5) is 14.1. The second kappa shape index (κ2) is 4.30. The van der Waals surface area contributed by atoms with Crippen LogP contribution >= 0.6 is 0 Å². The van der Waals surface area contributed by atoms with Crippen molar-refractivity contribution >= 4 is 5.69 Å². The van der Waals surface area contributed by atoms with Gasteiger partial charge in [0.05, 0.1) is 4.92 Å². The molecule has 7 nitrogen and oxygen atoms in total. The van der Waals surface area contributed by atoms with E-state index in [0.717, 1.165) is 5.56 Å². The second-order valence-electron chi connectivity index (χ2n) is 3.49. The Morgan fingerprint density at radius 3 is 2.82 bits per heavy atom. The van der Waals surface area contributed by atoms with Gasteiger partial charge in [-0.15, -0.1) is 0 Å². The Morgan fingerprint density at radius 1 is 1.47 bits per heavy atom. The van der Waals surface area contributed by atoms with Gasteiger partial charge >= 0.3 is 0 Å². The van der Waals surface area contributed by atoms with Crippen LogP contribution in [0.4, 0.5) is 5.69 Å². The van der Waals surface area contributed by atoms with Crippen molar-refractivity contribution in [1.82, 2.24) is 10.1 Å². The molecule has 0 bridgehead atoms. The number of non-ortho nitro benzene ring substituents is 1. The summed E-state index contributed by atoms with van der Waals surface area (Å²) in [5.41, 5.74) is 1.14. The van der Waals surface area contributed by atoms with Crippen LogP contribution in [0.2, 0.25) is 0 Å². The maximum atomic E-state index is 10.7. The molecule has 7 heteroatoms. The minimum atomic E-state index is -0.486. The topological polar surface area (TPSA) is 102 Å². The van der Waals surface area contributed by atoms with Crippen LogP contribution < -0.4 is 0 Å². The van der Waals surface area contributed by atoms with Crippen molar-refractivity contribution in [1.29, 1.82) is 0 Å². The van der Waals surface area contributed by atoms with Crippen LogP contribution in [-0.4, -0.2) is 20.2 Å². The molecule has 0 radical (unpaired) electrons. The third kappa shape index (κ3) is 2.28. The molecule has 0 amide bonds. The van der Waals surface area contributed by atoms with Crippen LogP contribution in [0.5, 0.6) is 0 Å². The fraction of sp³-hybridized carbons (Fsp3) is 0.200. The van der Waals surface area contributed by atoms with Crippen LogP contribution in [0.15, 0.2) is 22.7 Å². The minimum absolute atomic E-state index is 0.0382. The lowest BCUT2D eigenvalue weighted by Crippen LogP contribution is -1.90. The first-order valence-corrected chi connectivity index (χ1v) is 4.80. The van der Waals surface area contributed by atoms with Crippen LogP contribution in [0.1, 0.15) is 11.4 Å². The number of nitro groups is 1. The SMILES string of the molecule is Cc1cc(-c2nc(CO)no2)cc([N+](=O)[O-])c1. The van der Waals surface area contributed by atoms with Gasteiger partial charge in [0.2, 0.25) is 0 Å². The smallest absolute Gasteiger partial charge is 0.270 e. The Morgan fingerprint density at radius 2 is 2.24 bits per heavy atom. The Kier molecular flexibility index (Phi) is 2.84. The first-order valence-electron chi connectivity index (χ1n) is 4.80. The Hall–Kier alpha value is -2.28. The van der Waals surface area contributed by atoms with Crippen LogP contribution in [0.3, 0.4) is 0 Å². The lowest BCUT2D eigenvalue weighted by Gasteiger charge is -1.97. The molecule has 1 heterocycles. The molecule has 0 saturated carbocycles. The summed E-state index contributed by atoms with van der Waals surface area (Å²) in [6.45, 7) is 1.40. The van der Waals surface area contributed by atoms with Gasteiger partial charge in [-0.1, -0.05) is 5.16 Å². The standard InChI is InChI=1S/C10H9N3O4/c1-6-2-7(4-8(3-6)13(15)16)10-11-9(5-14)12-17-10/h2-4,14H,5H2,1H3. The average Bonchev–Trinajstić information content (AvgIpc) is 2.76. The van der Waals surface area contributed by atoms with E-state index in [-0.39, 0.29) is 24.0 Å². The fourth-order valence-electron chi connectivity index (χ4n) is 1.43. The molecule has 1 aromatic carbocycles. The predicted octanol–water partition coefficient (Wildman–Crippen LogP) is 1.45. The molecule has 0 spiro atoms. The van der Waals surface area contributed by atoms with E-state index in [1.54, 1.807) is 13.0 Å². The van der Waals surface area contributed by atoms with E-state index in [1.165, 1.54) is 12.1 Å². The summed E-state index contributed by atoms with van der Waals surface area (Å²) in [7, 11) is 0. The third-order valence-corrected chi connectivity index (χ3v) is 2.13. The summed E-state index contributed by atoms with van der Waals surface area (Å²) in [6, 6.07) is 4.50. The van der Waals surface area contributed by atoms with E-state index in [0.29, 0.717) is 5.56 Å². The van der Waals surface area contributed by atoms with Gasteiger partial charge in [-0.2, -0.15) is 4.98 Å². The summed E-state index contributed by atoms with van der Waals surface area (Å²) in [5, 5.41) is 23.0. The molecule has 0 saturated heterocycles. The van der Waals surface area contributed by atoms with Crippen molar-refractivity contribution in [3.8, 4) is 11.5 Å². The van der Waals surface area contributed by atoms with Gasteiger partial charge < -0.3 is 9.63 Å². The van der Waals surface area contributed by atoms with Crippen molar-refractivity contribution in [3.05, 3.63) is 39.7 Å². The molecule has 0 fully saturated rings. The Labute approximate surface area is 95.9 Å². The van der Waals surface area contributed by atoms with E-state index in [9.17, 15) is 10.1 Å². The van der Waals surface area contributed by atoms with Gasteiger partial charge in [0.15, 0.2) is 5.82 Å². The molecule has 0 unspecified atom stereocenters. The number of hydrogen-bond donors (Lipinski definition) is 1. The first kappa shape index (κ1) is 11.2. The number of aryl methyl sites for hydroxylation is 1. The number of rotatable bonds is 3. The fourth-order valence-corrected chi connectivity index (χ4v) is 1.43. The molecule has 0 aliphatic heterocycles. The average molecular weight is 235 g/mol. The molecule has 2 rings (SSSR count). The van der Waals surface area contributed by atoms with E-state index < -0.39 is 4.92 Å². The first-order chi connectivity index (χ1) is 8.10. The van der Waals surface area contributed by atoms with Crippen molar-refractivity contribution in [2.45, 2.75) is 13.5 Å². The molecule has 88 valence electrons. The lowest BCUT2D eigenvalue weighted by atomic mass is 10.1. The summed E-state index contributed by atoms with van der Waals surface area (Å²) >= 11 is 0. The van der Waals surface area contributed by atoms with Crippen molar-refractivity contribution in [2.75, 3.05) is 0 Å². The van der Waals surface area contributed by atoms with Crippen LogP contribution in [-0.2, 0) is 6.61 Å². The van der Waals surface area contributed by atoms with Gasteiger partial charge in [0.1, 0.15) is 6.61 Å². The summed E-state index contributed by atoms with van der Waals surface area (Å²) in [5.74, 6) is 0.296. The van der Waals surface area contributed by atoms with Crippen molar-refractivity contribution in [2.24, 2.45) is 0 Å². The van der Waals surface area contributed by atoms with Gasteiger partial charge in [-0.05, 0) is 18.6 Å². The molecule has 17 heavy (non-hydrogen) atoms. The molecule has 2 aromatic rings. The number of benzene rings is 1. The molecule has 1 aromatic heterocycles. The van der Waals surface area contributed by atoms with E-state index in [2.05, 4.69) is 10.1 Å². The van der Waals surface area contributed by atoms with Gasteiger partial charge in [0, 0.05) is 17.7 Å². The van der Waals surface area contributed by atoms with Gasteiger partial charge in [0.25, 0.3) is 11.6 Å². The normalized spacial score (nSPS) is 10.5. The molecule has 0 atom stereocenters. The maximum Gasteiger partial charge on any atom is 0.270 e. The zero-order valence-corrected chi connectivity index (χ0v) is 8.95. The summed E-state index contributed by atoms with van der Waals surface area (Å²) < 4.78 is 4.89. The largest absolute Gasteiger partial charge is 0.388 e. The Balaban J connectivity index is 2.47. The molecule has 0 aliphatic rings. The highest BCUT2D eigenvalue weighted by molar-refractivity contribution is 5.59. The zero-order valence-electron chi connectivity index (χ0n) is 8.95. The van der Waals surface area contributed by atoms with Crippen LogP contribution in [0.25, 0.3) is 11.5 Å². The summed E-state index contributed by atoms with van der Waals surface area (Å²) in [6.07, 6.45) is 0. The number of aliphatic hydroxyl groups is 1. The predicted molar refractivity (Wildman–Crippen MR) is 57.0 cm³/mol. The Bertz CT molecular complexity index is 564. The lowest BCUT2D eigenvalue weighted by molar-refractivity contribution is -0.384. The number of nitrogens with zero attached hydrogens (tertiary/aromatic N) is 3. The van der Waals surface area contributed by atoms with E-state index >= 15 is 0 Å². The maximum absolute atomic E-state index is 10.7. The minimum Gasteiger partial charge on any atom is -0.388 e. The molecule has 0 aliphatic carbocycles. The number of nitro benzene ring substituents is 1. The molecule has 1 N–H and O–H groups in total. The number of hydrogen-bond acceptors (Lipinski definition) is 6. The van der Waals surface area contributed by atoms with Gasteiger partial charge in [-0.3, -0.25) is 10.1 Å². The monoisotopic (exact) mass is 235 g/mol. The second-order valence-corrected chi connectivity index (χ2v) is 3.49. The van der Waals surface area contributed by atoms with E-state index in [4.69, 9.17) is 9.63 Å². The highest BCUT2D eigenvalue weighted by Gasteiger charge is 2.13. The number of aromatic nitrogens is 2. The molecular weight excluding hydrogens is 226 g/mol. The quantitative estimate of drug-likeness (QED) is 0.637. The highest BCUT2D eigenvalue weighted by atomic mass is 16.6. The third-order valence-electron chi connectivity index (χ3n) is 2.13. The van der Waals surface area contributed by atoms with Crippen molar-refractivity contribution in [3.63, 3.8) is 0 Å².